The third-order valence-corrected chi connectivity index (χ3v) is 9.88. The molecular formula is C33H47FN9OP. The number of ether oxygens (including phenoxy) is 1. The number of halogens is 1. The van der Waals surface area contributed by atoms with Gasteiger partial charge in [-0.2, -0.15) is 15.2 Å². The fourth-order valence-corrected chi connectivity index (χ4v) is 7.69. The van der Waals surface area contributed by atoms with Gasteiger partial charge in [-0.25, -0.2) is 9.37 Å². The summed E-state index contributed by atoms with van der Waals surface area (Å²) in [5.74, 6) is 1.35. The molecule has 1 N–H and O–H groups in total. The number of aryl methyl sites for hydroxylation is 2. The van der Waals surface area contributed by atoms with Gasteiger partial charge in [-0.05, 0) is 77.6 Å². The summed E-state index contributed by atoms with van der Waals surface area (Å²) in [5, 5.41) is 11.6. The van der Waals surface area contributed by atoms with Gasteiger partial charge in [0.1, 0.15) is 23.7 Å². The highest BCUT2D eigenvalue weighted by molar-refractivity contribution is 7.18. The van der Waals surface area contributed by atoms with Crippen molar-refractivity contribution in [2.75, 3.05) is 57.1 Å². The van der Waals surface area contributed by atoms with E-state index in [-0.39, 0.29) is 11.6 Å². The van der Waals surface area contributed by atoms with Crippen molar-refractivity contribution in [3.63, 3.8) is 0 Å². The molecule has 3 fully saturated rings. The topological polar surface area (TPSA) is 106 Å². The minimum absolute atomic E-state index is 0.0515. The summed E-state index contributed by atoms with van der Waals surface area (Å²) in [6.07, 6.45) is 9.51. The Morgan fingerprint density at radius 2 is 1.89 bits per heavy atom. The van der Waals surface area contributed by atoms with Crippen LogP contribution in [0, 0.1) is 25.3 Å². The van der Waals surface area contributed by atoms with Crippen LogP contribution < -0.4 is 15.0 Å². The van der Waals surface area contributed by atoms with Crippen LogP contribution in [-0.4, -0.2) is 88.2 Å². The summed E-state index contributed by atoms with van der Waals surface area (Å²) >= 11 is 0. The first-order chi connectivity index (χ1) is 21.5. The SMILES string of the molecule is CC.CNc1cc(C)c(C(C)(F)P)c(-c2ncc3c(N(C)C4CCN(C#N)C4)nc(OCC45CCCN4CCC5)nc3c2C)n1. The standard InChI is InChI=1S/C31H41FN9OP.C2H6/c1-19-14-23(34-4)36-27(24(19)30(3,32)43)26-20(2)25-22(15-35-26)28(39(5)21-8-13-40(16-21)18-33)38-29(37-25)42-17-31-9-6-11-41(31)12-7-10-31;1-2/h14-15,21H,6-13,16-17,43H2,1-5H3,(H,34,36);1-2H3. The maximum atomic E-state index is 15.6. The Balaban J connectivity index is 0.00000196. The van der Waals surface area contributed by atoms with Crippen LogP contribution in [0.15, 0.2) is 12.3 Å². The number of nitrogens with zero attached hydrogens (tertiary/aromatic N) is 8. The average molecular weight is 636 g/mol. The van der Waals surface area contributed by atoms with Gasteiger partial charge in [-0.1, -0.05) is 23.1 Å². The lowest BCUT2D eigenvalue weighted by Crippen LogP contribution is -2.43. The highest BCUT2D eigenvalue weighted by Gasteiger charge is 2.45. The molecule has 242 valence electrons. The van der Waals surface area contributed by atoms with Crippen molar-refractivity contribution in [2.24, 2.45) is 0 Å². The predicted molar refractivity (Wildman–Crippen MR) is 181 cm³/mol. The van der Waals surface area contributed by atoms with Crippen molar-refractivity contribution < 1.29 is 9.13 Å². The maximum Gasteiger partial charge on any atom is 0.319 e. The molecule has 45 heavy (non-hydrogen) atoms. The first-order valence-electron chi connectivity index (χ1n) is 16.2. The van der Waals surface area contributed by atoms with Crippen LogP contribution in [0.2, 0.25) is 0 Å². The molecule has 0 bridgehead atoms. The Morgan fingerprint density at radius 3 is 2.51 bits per heavy atom. The van der Waals surface area contributed by atoms with Gasteiger partial charge < -0.3 is 19.9 Å². The molecule has 12 heteroatoms. The molecule has 6 heterocycles. The fraction of sp³-hybridized carbons (Fsp3) is 0.606. The van der Waals surface area contributed by atoms with E-state index < -0.39 is 5.41 Å². The van der Waals surface area contributed by atoms with Crippen molar-refractivity contribution in [1.82, 2.24) is 29.7 Å². The van der Waals surface area contributed by atoms with Gasteiger partial charge in [-0.3, -0.25) is 9.88 Å². The number of aromatic nitrogens is 4. The molecule has 6 rings (SSSR count). The van der Waals surface area contributed by atoms with Crippen LogP contribution in [0.5, 0.6) is 6.01 Å². The lowest BCUT2D eigenvalue weighted by molar-refractivity contribution is 0.108. The van der Waals surface area contributed by atoms with Gasteiger partial charge in [-0.15, -0.1) is 0 Å². The summed E-state index contributed by atoms with van der Waals surface area (Å²) in [6, 6.07) is 2.28. The Bertz CT molecular complexity index is 1580. The minimum Gasteiger partial charge on any atom is -0.461 e. The van der Waals surface area contributed by atoms with E-state index in [1.54, 1.807) is 18.1 Å². The van der Waals surface area contributed by atoms with Gasteiger partial charge in [0.05, 0.1) is 33.9 Å². The van der Waals surface area contributed by atoms with E-state index in [4.69, 9.17) is 24.7 Å². The van der Waals surface area contributed by atoms with Gasteiger partial charge in [0, 0.05) is 44.5 Å². The second kappa shape index (κ2) is 13.2. The van der Waals surface area contributed by atoms with Crippen molar-refractivity contribution in [2.45, 2.75) is 83.7 Å². The lowest BCUT2D eigenvalue weighted by atomic mass is 9.95. The van der Waals surface area contributed by atoms with Crippen LogP contribution >= 0.6 is 9.24 Å². The molecule has 0 saturated carbocycles. The first-order valence-corrected chi connectivity index (χ1v) is 16.7. The van der Waals surface area contributed by atoms with Gasteiger partial charge in [0.15, 0.2) is 6.19 Å². The lowest BCUT2D eigenvalue weighted by Gasteiger charge is -2.31. The number of alkyl halides is 1. The molecule has 0 amide bonds. The Hall–Kier alpha value is -3.35. The van der Waals surface area contributed by atoms with Crippen molar-refractivity contribution >= 4 is 31.8 Å². The molecule has 3 saturated heterocycles. The molecular weight excluding hydrogens is 588 g/mol. The number of likely N-dealkylation sites (N-methyl/N-ethyl adjacent to an activating group) is 1. The van der Waals surface area contributed by atoms with Gasteiger partial charge >= 0.3 is 6.01 Å². The zero-order valence-corrected chi connectivity index (χ0v) is 28.9. The molecule has 3 aromatic rings. The second-order valence-electron chi connectivity index (χ2n) is 12.5. The summed E-state index contributed by atoms with van der Waals surface area (Å²) in [6.45, 7) is 13.5. The Labute approximate surface area is 269 Å². The molecule has 3 aromatic heterocycles. The molecule has 10 nitrogen and oxygen atoms in total. The van der Waals surface area contributed by atoms with Crippen LogP contribution in [0.4, 0.5) is 16.0 Å². The van der Waals surface area contributed by atoms with Gasteiger partial charge in [0.2, 0.25) is 0 Å². The van der Waals surface area contributed by atoms with E-state index in [0.717, 1.165) is 48.9 Å². The van der Waals surface area contributed by atoms with E-state index in [2.05, 4.69) is 30.5 Å². The van der Waals surface area contributed by atoms with Crippen molar-refractivity contribution in [3.8, 4) is 23.6 Å². The maximum absolute atomic E-state index is 15.6. The van der Waals surface area contributed by atoms with Crippen LogP contribution in [0.25, 0.3) is 22.3 Å². The zero-order chi connectivity index (χ0) is 32.5. The molecule has 3 aliphatic rings. The highest BCUT2D eigenvalue weighted by Crippen LogP contribution is 2.43. The first kappa shape index (κ1) is 33.0. The number of anilines is 2. The monoisotopic (exact) mass is 635 g/mol. The molecule has 0 aliphatic carbocycles. The Morgan fingerprint density at radius 1 is 1.18 bits per heavy atom. The van der Waals surface area contributed by atoms with E-state index in [0.29, 0.717) is 59.8 Å². The van der Waals surface area contributed by atoms with Crippen molar-refractivity contribution in [1.29, 1.82) is 5.26 Å². The average Bonchev–Trinajstić information content (AvgIpc) is 3.76. The van der Waals surface area contributed by atoms with Gasteiger partial charge in [0.25, 0.3) is 0 Å². The Kier molecular flexibility index (Phi) is 9.67. The summed E-state index contributed by atoms with van der Waals surface area (Å²) in [4.78, 5) is 26.0. The number of rotatable bonds is 8. The third kappa shape index (κ3) is 6.24. The number of pyridine rings is 2. The number of hydrogen-bond acceptors (Lipinski definition) is 10. The molecule has 3 atom stereocenters. The van der Waals surface area contributed by atoms with E-state index in [9.17, 15) is 5.26 Å². The fourth-order valence-electron chi connectivity index (χ4n) is 7.32. The predicted octanol–water partition coefficient (Wildman–Crippen LogP) is 5.79. The van der Waals surface area contributed by atoms with Crippen molar-refractivity contribution in [3.05, 3.63) is 29.0 Å². The van der Waals surface area contributed by atoms with E-state index in [1.165, 1.54) is 19.8 Å². The number of likely N-dealkylation sites (tertiary alicyclic amines) is 1. The zero-order valence-electron chi connectivity index (χ0n) is 27.7. The van der Waals surface area contributed by atoms with Crippen LogP contribution in [-0.2, 0) is 5.41 Å². The van der Waals surface area contributed by atoms with E-state index >= 15 is 4.39 Å². The summed E-state index contributed by atoms with van der Waals surface area (Å²) < 4.78 is 22.1. The number of nitrogens with one attached hydrogen (secondary N) is 1. The molecule has 0 aromatic carbocycles. The van der Waals surface area contributed by atoms with Crippen LogP contribution in [0.3, 0.4) is 0 Å². The third-order valence-electron chi connectivity index (χ3n) is 9.59. The quantitative estimate of drug-likeness (QED) is 0.242. The van der Waals surface area contributed by atoms with Crippen LogP contribution in [0.1, 0.15) is 69.6 Å². The number of hydrogen-bond donors (Lipinski definition) is 1. The number of fused-ring (bicyclic) bond motifs is 2. The molecule has 3 aliphatic heterocycles. The minimum atomic E-state index is -1.71. The second-order valence-corrected chi connectivity index (χ2v) is 13.6. The summed E-state index contributed by atoms with van der Waals surface area (Å²) in [5.41, 5.74) is 3.83. The number of nitriles is 1. The smallest absolute Gasteiger partial charge is 0.319 e. The molecule has 0 radical (unpaired) electrons. The molecule has 3 unspecified atom stereocenters. The largest absolute Gasteiger partial charge is 0.461 e. The highest BCUT2D eigenvalue weighted by atomic mass is 31.0. The molecule has 0 spiro atoms. The summed E-state index contributed by atoms with van der Waals surface area (Å²) in [7, 11) is 6.11. The van der Waals surface area contributed by atoms with E-state index in [1.807, 2.05) is 40.8 Å². The normalized spacial score (nSPS) is 20.3.